The van der Waals surface area contributed by atoms with Crippen molar-refractivity contribution in [3.05, 3.63) is 108 Å². The number of hydrogen-bond donors (Lipinski definition) is 7. The second kappa shape index (κ2) is 22.3. The molecule has 1 saturated heterocycles. The molecule has 0 radical (unpaired) electrons. The normalized spacial score (nSPS) is 21.4. The smallest absolute Gasteiger partial charge is 0.245 e. The van der Waals surface area contributed by atoms with Crippen LogP contribution >= 0.6 is 0 Å². The van der Waals surface area contributed by atoms with Crippen LogP contribution in [0.3, 0.4) is 0 Å². The van der Waals surface area contributed by atoms with Gasteiger partial charge in [-0.2, -0.15) is 0 Å². The lowest BCUT2D eigenvalue weighted by molar-refractivity contribution is -0.136. The van der Waals surface area contributed by atoms with Gasteiger partial charge in [-0.05, 0) is 68.3 Å². The number of amides is 5. The maximum absolute atomic E-state index is 14.4. The van der Waals surface area contributed by atoms with Crippen LogP contribution in [0.5, 0.6) is 0 Å². The van der Waals surface area contributed by atoms with E-state index in [0.717, 1.165) is 40.4 Å². The highest BCUT2D eigenvalue weighted by Crippen LogP contribution is 2.20. The Balaban J connectivity index is 1.45. The fraction of sp³-hybridized carbons (Fsp3) is 0.432. The topological polar surface area (TPSA) is 197 Å². The van der Waals surface area contributed by atoms with E-state index in [0.29, 0.717) is 38.8 Å². The number of nitrogens with two attached hydrogens (primary N) is 1. The predicted molar refractivity (Wildman–Crippen MR) is 220 cm³/mol. The Bertz CT molecular complexity index is 1900. The molecule has 0 aliphatic carbocycles. The lowest BCUT2D eigenvalue weighted by Gasteiger charge is -2.29. The van der Waals surface area contributed by atoms with Gasteiger partial charge < -0.3 is 42.0 Å². The maximum atomic E-state index is 14.4. The quantitative estimate of drug-likeness (QED) is 0.107. The van der Waals surface area contributed by atoms with E-state index in [2.05, 4.69) is 31.6 Å². The van der Waals surface area contributed by atoms with Gasteiger partial charge >= 0.3 is 0 Å². The minimum absolute atomic E-state index is 0.0973. The standard InChI is InChI=1S/C44H57N7O6/c1-30(57-29-32-18-8-5-9-19-32)40-44(56)46-25-15-3-2-10-23-39(52)48-37(26-31-16-6-4-7-17-31)42(54)50-38(27-33-28-47-35-21-12-11-20-34(33)35)43(55)49-36(41(53)51-40)22-13-14-24-45/h4-9,11-12,16-21,28,30,36-38,40,47H,2-3,10,13-15,22-27,29,45H2,1H3,(H,46,56)(H,48,52)(H,49,55)(H,50,54)(H,51,53)/t30-,36?,37+,38-,40+/m1/s1. The van der Waals surface area contributed by atoms with Gasteiger partial charge in [0, 0.05) is 42.9 Å². The van der Waals surface area contributed by atoms with Crippen molar-refractivity contribution in [2.24, 2.45) is 5.73 Å². The number of nitrogens with one attached hydrogen (secondary N) is 6. The van der Waals surface area contributed by atoms with E-state index >= 15 is 0 Å². The molecule has 13 heteroatoms. The van der Waals surface area contributed by atoms with E-state index in [4.69, 9.17) is 10.5 Å². The van der Waals surface area contributed by atoms with Gasteiger partial charge in [-0.15, -0.1) is 0 Å². The summed E-state index contributed by atoms with van der Waals surface area (Å²) < 4.78 is 6.12. The molecule has 0 spiro atoms. The third-order valence-electron chi connectivity index (χ3n) is 10.3. The zero-order valence-electron chi connectivity index (χ0n) is 32.8. The van der Waals surface area contributed by atoms with Crippen molar-refractivity contribution in [2.45, 2.75) is 108 Å². The van der Waals surface area contributed by atoms with Crippen LogP contribution in [0.4, 0.5) is 0 Å². The molecule has 3 aromatic carbocycles. The van der Waals surface area contributed by atoms with Crippen molar-refractivity contribution in [1.29, 1.82) is 0 Å². The third-order valence-corrected chi connectivity index (χ3v) is 10.3. The Morgan fingerprint density at radius 2 is 1.30 bits per heavy atom. The number of carbonyl (C=O) groups is 5. The Hall–Kier alpha value is -5.53. The molecule has 13 nitrogen and oxygen atoms in total. The molecule has 5 amide bonds. The van der Waals surface area contributed by atoms with Crippen LogP contribution in [-0.4, -0.2) is 77.9 Å². The first-order valence-corrected chi connectivity index (χ1v) is 20.1. The van der Waals surface area contributed by atoms with Crippen molar-refractivity contribution in [2.75, 3.05) is 13.1 Å². The molecular weight excluding hydrogens is 723 g/mol. The van der Waals surface area contributed by atoms with Gasteiger partial charge in [0.1, 0.15) is 24.2 Å². The number of unbranched alkanes of at least 4 members (excludes halogenated alkanes) is 1. The summed E-state index contributed by atoms with van der Waals surface area (Å²) in [6.45, 7) is 2.73. The first-order valence-electron chi connectivity index (χ1n) is 20.1. The van der Waals surface area contributed by atoms with Gasteiger partial charge in [-0.1, -0.05) is 91.7 Å². The van der Waals surface area contributed by atoms with Crippen LogP contribution in [0.15, 0.2) is 91.1 Å². The van der Waals surface area contributed by atoms with E-state index in [9.17, 15) is 24.0 Å². The molecule has 0 bridgehead atoms. The fourth-order valence-corrected chi connectivity index (χ4v) is 7.00. The molecule has 1 aliphatic heterocycles. The van der Waals surface area contributed by atoms with Crippen molar-refractivity contribution < 1.29 is 28.7 Å². The van der Waals surface area contributed by atoms with E-state index < -0.39 is 53.9 Å². The average molecular weight is 780 g/mol. The first-order chi connectivity index (χ1) is 27.7. The number of para-hydroxylation sites is 1. The minimum atomic E-state index is -1.13. The zero-order valence-corrected chi connectivity index (χ0v) is 32.8. The van der Waals surface area contributed by atoms with Crippen LogP contribution in [0.25, 0.3) is 10.9 Å². The summed E-state index contributed by atoms with van der Waals surface area (Å²) in [6.07, 6.45) is 5.76. The number of H-pyrrole nitrogens is 1. The SMILES string of the molecule is C[C@@H](OCc1ccccc1)[C@@H]1NC(=O)C(CCCCN)NC(=O)[C@@H](Cc2c[nH]c3ccccc23)NC(=O)[C@H](Cc2ccccc2)NC(=O)CCCCCCNC1=O. The molecule has 4 aromatic rings. The average Bonchev–Trinajstić information content (AvgIpc) is 3.63. The van der Waals surface area contributed by atoms with Crippen LogP contribution in [0.1, 0.15) is 75.0 Å². The second-order valence-corrected chi connectivity index (χ2v) is 14.7. The van der Waals surface area contributed by atoms with Gasteiger partial charge in [0.25, 0.3) is 0 Å². The summed E-state index contributed by atoms with van der Waals surface area (Å²) >= 11 is 0. The summed E-state index contributed by atoms with van der Waals surface area (Å²) in [5, 5.41) is 15.5. The number of hydrogen-bond acceptors (Lipinski definition) is 7. The molecular formula is C44H57N7O6. The molecule has 1 aromatic heterocycles. The summed E-state index contributed by atoms with van der Waals surface area (Å²) in [7, 11) is 0. The number of benzene rings is 3. The van der Waals surface area contributed by atoms with Crippen LogP contribution < -0.4 is 32.3 Å². The van der Waals surface area contributed by atoms with Gasteiger partial charge in [0.05, 0.1) is 12.7 Å². The Kier molecular flexibility index (Phi) is 16.6. The molecule has 1 fully saturated rings. The number of ether oxygens (including phenoxy) is 1. The highest BCUT2D eigenvalue weighted by atomic mass is 16.5. The summed E-state index contributed by atoms with van der Waals surface area (Å²) in [6, 6.07) is 22.4. The van der Waals surface area contributed by atoms with E-state index in [1.54, 1.807) is 13.1 Å². The van der Waals surface area contributed by atoms with Crippen LogP contribution in [0, 0.1) is 0 Å². The molecule has 5 atom stereocenters. The van der Waals surface area contributed by atoms with E-state index in [-0.39, 0.29) is 38.2 Å². The molecule has 5 rings (SSSR count). The van der Waals surface area contributed by atoms with E-state index in [1.807, 2.05) is 84.9 Å². The van der Waals surface area contributed by atoms with Crippen LogP contribution in [-0.2, 0) is 48.2 Å². The van der Waals surface area contributed by atoms with Crippen molar-refractivity contribution in [1.82, 2.24) is 31.6 Å². The van der Waals surface area contributed by atoms with Crippen molar-refractivity contribution in [3.63, 3.8) is 0 Å². The van der Waals surface area contributed by atoms with Crippen LogP contribution in [0.2, 0.25) is 0 Å². The fourth-order valence-electron chi connectivity index (χ4n) is 7.00. The van der Waals surface area contributed by atoms with Gasteiger partial charge in [-0.25, -0.2) is 0 Å². The predicted octanol–water partition coefficient (Wildman–Crippen LogP) is 3.71. The lowest BCUT2D eigenvalue weighted by atomic mass is 10.0. The molecule has 1 unspecified atom stereocenters. The molecule has 8 N–H and O–H groups in total. The maximum Gasteiger partial charge on any atom is 0.245 e. The largest absolute Gasteiger partial charge is 0.371 e. The first kappa shape index (κ1) is 42.6. The molecule has 2 heterocycles. The number of carbonyl (C=O) groups excluding carboxylic acids is 5. The third kappa shape index (κ3) is 13.3. The Labute approximate surface area is 334 Å². The molecule has 304 valence electrons. The van der Waals surface area contributed by atoms with E-state index in [1.165, 1.54) is 0 Å². The Morgan fingerprint density at radius 3 is 2.04 bits per heavy atom. The van der Waals surface area contributed by atoms with Crippen molar-refractivity contribution >= 4 is 40.4 Å². The molecule has 57 heavy (non-hydrogen) atoms. The number of aromatic amines is 1. The van der Waals surface area contributed by atoms with Gasteiger partial charge in [0.2, 0.25) is 29.5 Å². The van der Waals surface area contributed by atoms with Gasteiger partial charge in [-0.3, -0.25) is 24.0 Å². The number of fused-ring (bicyclic) bond motifs is 1. The molecule has 1 aliphatic rings. The molecule has 0 saturated carbocycles. The monoisotopic (exact) mass is 779 g/mol. The zero-order chi connectivity index (χ0) is 40.4. The minimum Gasteiger partial charge on any atom is -0.371 e. The summed E-state index contributed by atoms with van der Waals surface area (Å²) in [5.74, 6) is -2.34. The lowest BCUT2D eigenvalue weighted by Crippen LogP contribution is -2.60. The summed E-state index contributed by atoms with van der Waals surface area (Å²) in [4.78, 5) is 73.0. The second-order valence-electron chi connectivity index (χ2n) is 14.7. The van der Waals surface area contributed by atoms with Gasteiger partial charge in [0.15, 0.2) is 0 Å². The summed E-state index contributed by atoms with van der Waals surface area (Å²) in [5.41, 5.74) is 9.23. The number of aromatic nitrogens is 1. The highest BCUT2D eigenvalue weighted by Gasteiger charge is 2.34. The van der Waals surface area contributed by atoms with Crippen molar-refractivity contribution in [3.8, 4) is 0 Å². The Morgan fingerprint density at radius 1 is 0.667 bits per heavy atom. The highest BCUT2D eigenvalue weighted by molar-refractivity contribution is 5.96. The number of rotatable bonds is 12.